The van der Waals surface area contributed by atoms with Gasteiger partial charge in [0.25, 0.3) is 0 Å². The van der Waals surface area contributed by atoms with Crippen molar-refractivity contribution in [1.29, 1.82) is 0 Å². The molecule has 1 nitrogen and oxygen atoms in total. The maximum atomic E-state index is 10.8. The molecule has 0 saturated carbocycles. The molecule has 1 aliphatic carbocycles. The molecule has 1 N–H and O–H groups in total. The van der Waals surface area contributed by atoms with Crippen LogP contribution >= 0.6 is 0 Å². The lowest BCUT2D eigenvalue weighted by molar-refractivity contribution is 0.100. The number of rotatable bonds is 2. The highest BCUT2D eigenvalue weighted by Crippen LogP contribution is 2.37. The van der Waals surface area contributed by atoms with Crippen LogP contribution in [-0.2, 0) is 12.0 Å². The van der Waals surface area contributed by atoms with Crippen molar-refractivity contribution in [2.45, 2.75) is 18.9 Å². The molecule has 2 aromatic rings. The Morgan fingerprint density at radius 2 is 1.65 bits per heavy atom. The summed E-state index contributed by atoms with van der Waals surface area (Å²) in [5.74, 6) is 0. The molecule has 0 saturated heterocycles. The summed E-state index contributed by atoms with van der Waals surface area (Å²) in [6.45, 7) is 1.87. The molecule has 0 heterocycles. The smallest absolute Gasteiger partial charge is 0.112 e. The number of hydrogen-bond donors (Lipinski definition) is 1. The second-order valence-electron chi connectivity index (χ2n) is 5.34. The Bertz CT molecular complexity index is 663. The standard InChI is InChI=1S/C19H18O/c1-19(20)17(13-11-15-7-3-2-4-8-15)14-12-16-9-5-6-10-18(16)19/h2-10,12-14,20H,11H2,1H3/b17-13+. The Hall–Kier alpha value is -2.12. The van der Waals surface area contributed by atoms with Gasteiger partial charge in [-0.3, -0.25) is 0 Å². The third-order valence-electron chi connectivity index (χ3n) is 3.89. The average molecular weight is 262 g/mol. The summed E-state index contributed by atoms with van der Waals surface area (Å²) in [5.41, 5.74) is 3.36. The molecule has 1 aliphatic rings. The van der Waals surface area contributed by atoms with Gasteiger partial charge < -0.3 is 5.11 Å². The van der Waals surface area contributed by atoms with Crippen molar-refractivity contribution in [1.82, 2.24) is 0 Å². The zero-order valence-electron chi connectivity index (χ0n) is 11.6. The van der Waals surface area contributed by atoms with E-state index in [2.05, 4.69) is 24.3 Å². The van der Waals surface area contributed by atoms with E-state index >= 15 is 0 Å². The maximum absolute atomic E-state index is 10.8. The SMILES string of the molecule is CC1(O)/C(=C/Cc2ccccc2)C=Cc2ccccc21. The number of fused-ring (bicyclic) bond motifs is 1. The monoisotopic (exact) mass is 262 g/mol. The van der Waals surface area contributed by atoms with Crippen molar-refractivity contribution in [3.8, 4) is 0 Å². The van der Waals surface area contributed by atoms with Gasteiger partial charge in [0.2, 0.25) is 0 Å². The molecule has 2 aromatic carbocycles. The predicted molar refractivity (Wildman–Crippen MR) is 83.3 cm³/mol. The summed E-state index contributed by atoms with van der Waals surface area (Å²) in [7, 11) is 0. The first-order chi connectivity index (χ1) is 9.68. The van der Waals surface area contributed by atoms with E-state index in [4.69, 9.17) is 0 Å². The Morgan fingerprint density at radius 3 is 2.45 bits per heavy atom. The second kappa shape index (κ2) is 5.10. The Morgan fingerprint density at radius 1 is 0.950 bits per heavy atom. The topological polar surface area (TPSA) is 20.2 Å². The zero-order chi connectivity index (χ0) is 14.0. The minimum atomic E-state index is -0.917. The molecule has 1 heteroatoms. The molecule has 0 amide bonds. The van der Waals surface area contributed by atoms with E-state index in [1.807, 2.05) is 55.5 Å². The molecule has 0 spiro atoms. The van der Waals surface area contributed by atoms with Crippen molar-refractivity contribution < 1.29 is 5.11 Å². The van der Waals surface area contributed by atoms with Crippen LogP contribution in [0, 0.1) is 0 Å². The van der Waals surface area contributed by atoms with Gasteiger partial charge in [-0.2, -0.15) is 0 Å². The maximum Gasteiger partial charge on any atom is 0.112 e. The molecule has 3 rings (SSSR count). The quantitative estimate of drug-likeness (QED) is 0.864. The predicted octanol–water partition coefficient (Wildman–Crippen LogP) is 4.09. The van der Waals surface area contributed by atoms with Gasteiger partial charge in [0.05, 0.1) is 0 Å². The van der Waals surface area contributed by atoms with Crippen LogP contribution in [0.3, 0.4) is 0 Å². The first-order valence-corrected chi connectivity index (χ1v) is 6.92. The van der Waals surface area contributed by atoms with E-state index < -0.39 is 5.60 Å². The van der Waals surface area contributed by atoms with Crippen molar-refractivity contribution in [2.24, 2.45) is 0 Å². The summed E-state index contributed by atoms with van der Waals surface area (Å²) >= 11 is 0. The molecule has 1 atom stereocenters. The van der Waals surface area contributed by atoms with Crippen molar-refractivity contribution >= 4 is 6.08 Å². The number of allylic oxidation sites excluding steroid dienone is 1. The summed E-state index contributed by atoms with van der Waals surface area (Å²) in [6, 6.07) is 18.3. The first-order valence-electron chi connectivity index (χ1n) is 6.92. The van der Waals surface area contributed by atoms with Gasteiger partial charge in [-0.1, -0.05) is 72.8 Å². The molecule has 100 valence electrons. The third kappa shape index (κ3) is 2.33. The summed E-state index contributed by atoms with van der Waals surface area (Å²) in [4.78, 5) is 0. The minimum Gasteiger partial charge on any atom is -0.381 e. The van der Waals surface area contributed by atoms with E-state index in [1.54, 1.807) is 0 Å². The highest BCUT2D eigenvalue weighted by molar-refractivity contribution is 5.65. The van der Waals surface area contributed by atoms with Crippen LogP contribution in [0.1, 0.15) is 23.6 Å². The van der Waals surface area contributed by atoms with Crippen molar-refractivity contribution in [2.75, 3.05) is 0 Å². The molecular weight excluding hydrogens is 244 g/mol. The Labute approximate surface area is 119 Å². The van der Waals surface area contributed by atoms with Gasteiger partial charge in [0.1, 0.15) is 5.60 Å². The number of benzene rings is 2. The highest BCUT2D eigenvalue weighted by atomic mass is 16.3. The van der Waals surface area contributed by atoms with Gasteiger partial charge >= 0.3 is 0 Å². The fraction of sp³-hybridized carbons (Fsp3) is 0.158. The van der Waals surface area contributed by atoms with E-state index in [0.29, 0.717) is 0 Å². The molecule has 0 fully saturated rings. The van der Waals surface area contributed by atoms with Crippen LogP contribution in [0.5, 0.6) is 0 Å². The van der Waals surface area contributed by atoms with E-state index in [-0.39, 0.29) is 0 Å². The summed E-state index contributed by atoms with van der Waals surface area (Å²) < 4.78 is 0. The first kappa shape index (κ1) is 12.9. The normalized spacial score (nSPS) is 22.8. The van der Waals surface area contributed by atoms with Gasteiger partial charge in [-0.25, -0.2) is 0 Å². The Kier molecular flexibility index (Phi) is 3.29. The van der Waals surface area contributed by atoms with Crippen LogP contribution in [-0.4, -0.2) is 5.11 Å². The van der Waals surface area contributed by atoms with E-state index in [0.717, 1.165) is 23.1 Å². The van der Waals surface area contributed by atoms with Gasteiger partial charge in [-0.15, -0.1) is 0 Å². The fourth-order valence-corrected chi connectivity index (χ4v) is 2.69. The van der Waals surface area contributed by atoms with Crippen LogP contribution in [0.4, 0.5) is 0 Å². The van der Waals surface area contributed by atoms with Crippen LogP contribution in [0.15, 0.2) is 72.3 Å². The molecular formula is C19H18O. The van der Waals surface area contributed by atoms with Crippen LogP contribution in [0.25, 0.3) is 6.08 Å². The zero-order valence-corrected chi connectivity index (χ0v) is 11.6. The molecule has 20 heavy (non-hydrogen) atoms. The summed E-state index contributed by atoms with van der Waals surface area (Å²) in [5, 5.41) is 10.8. The van der Waals surface area contributed by atoms with Crippen LogP contribution in [0.2, 0.25) is 0 Å². The molecule has 0 aliphatic heterocycles. The molecule has 1 unspecified atom stereocenters. The van der Waals surface area contributed by atoms with E-state index in [9.17, 15) is 5.11 Å². The van der Waals surface area contributed by atoms with Gasteiger partial charge in [-0.05, 0) is 35.6 Å². The lowest BCUT2D eigenvalue weighted by Crippen LogP contribution is -2.26. The van der Waals surface area contributed by atoms with Gasteiger partial charge in [0, 0.05) is 0 Å². The van der Waals surface area contributed by atoms with Crippen LogP contribution < -0.4 is 0 Å². The molecule has 0 bridgehead atoms. The minimum absolute atomic E-state index is 0.832. The average Bonchev–Trinajstić information content (AvgIpc) is 2.48. The lowest BCUT2D eigenvalue weighted by Gasteiger charge is -2.30. The summed E-state index contributed by atoms with van der Waals surface area (Å²) in [6.07, 6.45) is 7.04. The molecule has 0 aromatic heterocycles. The Balaban J connectivity index is 1.93. The third-order valence-corrected chi connectivity index (χ3v) is 3.89. The van der Waals surface area contributed by atoms with Crippen molar-refractivity contribution in [3.63, 3.8) is 0 Å². The fourth-order valence-electron chi connectivity index (χ4n) is 2.69. The number of hydrogen-bond acceptors (Lipinski definition) is 1. The highest BCUT2D eigenvalue weighted by Gasteiger charge is 2.30. The lowest BCUT2D eigenvalue weighted by atomic mass is 9.80. The van der Waals surface area contributed by atoms with Gasteiger partial charge in [0.15, 0.2) is 0 Å². The molecule has 0 radical (unpaired) electrons. The second-order valence-corrected chi connectivity index (χ2v) is 5.34. The number of aliphatic hydroxyl groups is 1. The van der Waals surface area contributed by atoms with Crippen molar-refractivity contribution in [3.05, 3.63) is 89.0 Å². The van der Waals surface area contributed by atoms with E-state index in [1.165, 1.54) is 5.56 Å². The largest absolute Gasteiger partial charge is 0.381 e.